The van der Waals surface area contributed by atoms with Crippen molar-refractivity contribution >= 4 is 22.2 Å². The molecule has 0 spiro atoms. The summed E-state index contributed by atoms with van der Waals surface area (Å²) in [6.07, 6.45) is 0. The van der Waals surface area contributed by atoms with Crippen LogP contribution in [0.15, 0.2) is 0 Å². The molecule has 1 rings (SSSR count). The third kappa shape index (κ3) is 2.37. The predicted octanol–water partition coefficient (Wildman–Crippen LogP) is 2.83. The lowest BCUT2D eigenvalue weighted by atomic mass is 10.1. The highest BCUT2D eigenvalue weighted by molar-refractivity contribution is 7.16. The molecule has 1 amide bonds. The lowest BCUT2D eigenvalue weighted by Crippen LogP contribution is -2.17. The van der Waals surface area contributed by atoms with Crippen molar-refractivity contribution in [1.29, 1.82) is 5.26 Å². The topological polar surface area (TPSA) is 52.9 Å². The Kier molecular flexibility index (Phi) is 3.48. The number of anilines is 1. The summed E-state index contributed by atoms with van der Waals surface area (Å²) in [4.78, 5) is 12.6. The first-order valence-electron chi connectivity index (χ1n) is 4.78. The first kappa shape index (κ1) is 11.7. The molecular weight excluding hydrogens is 208 g/mol. The summed E-state index contributed by atoms with van der Waals surface area (Å²) >= 11 is 1.46. The first-order chi connectivity index (χ1) is 6.97. The first-order valence-corrected chi connectivity index (χ1v) is 5.60. The fourth-order valence-electron chi connectivity index (χ4n) is 1.11. The Balaban J connectivity index is 3.02. The molecule has 3 nitrogen and oxygen atoms in total. The Hall–Kier alpha value is -1.34. The van der Waals surface area contributed by atoms with Crippen LogP contribution in [0.1, 0.15) is 29.9 Å². The van der Waals surface area contributed by atoms with Crippen LogP contribution in [-0.4, -0.2) is 5.91 Å². The highest BCUT2D eigenvalue weighted by atomic mass is 32.1. The zero-order valence-electron chi connectivity index (χ0n) is 9.34. The number of amides is 1. The molecule has 4 heteroatoms. The van der Waals surface area contributed by atoms with E-state index in [1.165, 1.54) is 11.3 Å². The van der Waals surface area contributed by atoms with Crippen LogP contribution in [0.2, 0.25) is 0 Å². The molecule has 1 aromatic heterocycles. The number of nitrogens with zero attached hydrogens (tertiary/aromatic N) is 1. The SMILES string of the molecule is Cc1sc(NC(=O)C(C)C)c(C#N)c1C. The Morgan fingerprint density at radius 2 is 2.07 bits per heavy atom. The van der Waals surface area contributed by atoms with Gasteiger partial charge in [0, 0.05) is 10.8 Å². The second-order valence-corrected chi connectivity index (χ2v) is 4.97. The summed E-state index contributed by atoms with van der Waals surface area (Å²) in [7, 11) is 0. The quantitative estimate of drug-likeness (QED) is 0.836. The van der Waals surface area contributed by atoms with Crippen molar-refractivity contribution < 1.29 is 4.79 Å². The molecule has 0 aliphatic heterocycles. The molecule has 0 unspecified atom stereocenters. The summed E-state index contributed by atoms with van der Waals surface area (Å²) in [5, 5.41) is 12.4. The lowest BCUT2D eigenvalue weighted by Gasteiger charge is -2.05. The van der Waals surface area contributed by atoms with Gasteiger partial charge in [0.25, 0.3) is 0 Å². The fourth-order valence-corrected chi connectivity index (χ4v) is 2.12. The van der Waals surface area contributed by atoms with E-state index in [-0.39, 0.29) is 11.8 Å². The number of rotatable bonds is 2. The second kappa shape index (κ2) is 4.45. The Morgan fingerprint density at radius 1 is 1.47 bits per heavy atom. The molecule has 0 aromatic carbocycles. The van der Waals surface area contributed by atoms with Crippen LogP contribution in [-0.2, 0) is 4.79 Å². The van der Waals surface area contributed by atoms with Crippen LogP contribution in [0.4, 0.5) is 5.00 Å². The molecule has 0 atom stereocenters. The van der Waals surface area contributed by atoms with Crippen LogP contribution in [0.25, 0.3) is 0 Å². The summed E-state index contributed by atoms with van der Waals surface area (Å²) in [6, 6.07) is 2.12. The van der Waals surface area contributed by atoms with Crippen LogP contribution in [0, 0.1) is 31.1 Å². The van der Waals surface area contributed by atoms with E-state index in [2.05, 4.69) is 11.4 Å². The Bertz CT molecular complexity index is 427. The number of carbonyl (C=O) groups is 1. The number of nitriles is 1. The minimum Gasteiger partial charge on any atom is -0.316 e. The molecule has 0 aliphatic rings. The summed E-state index contributed by atoms with van der Waals surface area (Å²) < 4.78 is 0. The molecule has 15 heavy (non-hydrogen) atoms. The van der Waals surface area contributed by atoms with Gasteiger partial charge >= 0.3 is 0 Å². The number of carbonyl (C=O) groups excluding carboxylic acids is 1. The molecule has 0 fully saturated rings. The maximum atomic E-state index is 11.5. The lowest BCUT2D eigenvalue weighted by molar-refractivity contribution is -0.118. The number of hydrogen-bond donors (Lipinski definition) is 1. The van der Waals surface area contributed by atoms with Crippen molar-refractivity contribution in [3.8, 4) is 6.07 Å². The second-order valence-electron chi connectivity index (χ2n) is 3.74. The number of thiophene rings is 1. The highest BCUT2D eigenvalue weighted by Gasteiger charge is 2.15. The van der Waals surface area contributed by atoms with E-state index in [4.69, 9.17) is 5.26 Å². The Labute approximate surface area is 93.7 Å². The molecule has 1 aromatic rings. The van der Waals surface area contributed by atoms with Crippen molar-refractivity contribution in [3.63, 3.8) is 0 Å². The fraction of sp³-hybridized carbons (Fsp3) is 0.455. The van der Waals surface area contributed by atoms with Crippen molar-refractivity contribution in [3.05, 3.63) is 16.0 Å². The van der Waals surface area contributed by atoms with Crippen molar-refractivity contribution in [2.24, 2.45) is 5.92 Å². The van der Waals surface area contributed by atoms with Crippen LogP contribution in [0.3, 0.4) is 0 Å². The van der Waals surface area contributed by atoms with E-state index in [9.17, 15) is 4.79 Å². The molecule has 0 aliphatic carbocycles. The average molecular weight is 222 g/mol. The van der Waals surface area contributed by atoms with Gasteiger partial charge in [-0.2, -0.15) is 5.26 Å². The third-order valence-electron chi connectivity index (χ3n) is 2.26. The third-order valence-corrected chi connectivity index (χ3v) is 3.38. The zero-order chi connectivity index (χ0) is 11.6. The van der Waals surface area contributed by atoms with Gasteiger partial charge in [-0.05, 0) is 19.4 Å². The van der Waals surface area contributed by atoms with Crippen LogP contribution < -0.4 is 5.32 Å². The molecule has 0 radical (unpaired) electrons. The molecule has 0 bridgehead atoms. The van der Waals surface area contributed by atoms with E-state index >= 15 is 0 Å². The maximum Gasteiger partial charge on any atom is 0.227 e. The maximum absolute atomic E-state index is 11.5. The van der Waals surface area contributed by atoms with Gasteiger partial charge in [0.05, 0.1) is 5.56 Å². The minimum atomic E-state index is -0.0701. The molecule has 80 valence electrons. The van der Waals surface area contributed by atoms with Crippen LogP contribution >= 0.6 is 11.3 Å². The largest absolute Gasteiger partial charge is 0.316 e. The van der Waals surface area contributed by atoms with Gasteiger partial charge in [0.15, 0.2) is 0 Å². The molecule has 1 N–H and O–H groups in total. The average Bonchev–Trinajstić information content (AvgIpc) is 2.42. The van der Waals surface area contributed by atoms with Crippen molar-refractivity contribution in [1.82, 2.24) is 0 Å². The molecule has 1 heterocycles. The van der Waals surface area contributed by atoms with Crippen molar-refractivity contribution in [2.75, 3.05) is 5.32 Å². The summed E-state index contributed by atoms with van der Waals surface area (Å²) in [5.74, 6) is -0.119. The van der Waals surface area contributed by atoms with E-state index in [1.807, 2.05) is 27.7 Å². The van der Waals surface area contributed by atoms with E-state index in [0.717, 1.165) is 10.4 Å². The molecule has 0 saturated heterocycles. The van der Waals surface area contributed by atoms with Crippen LogP contribution in [0.5, 0.6) is 0 Å². The van der Waals surface area contributed by atoms with Gasteiger partial charge in [-0.1, -0.05) is 13.8 Å². The van der Waals surface area contributed by atoms with Gasteiger partial charge in [-0.25, -0.2) is 0 Å². The standard InChI is InChI=1S/C11H14N2OS/c1-6(2)10(14)13-11-9(5-12)7(3)8(4)15-11/h6H,1-4H3,(H,13,14). The zero-order valence-corrected chi connectivity index (χ0v) is 10.2. The van der Waals surface area contributed by atoms with E-state index in [0.29, 0.717) is 10.6 Å². The van der Waals surface area contributed by atoms with E-state index < -0.39 is 0 Å². The van der Waals surface area contributed by atoms with E-state index in [1.54, 1.807) is 0 Å². The van der Waals surface area contributed by atoms with Gasteiger partial charge in [-0.3, -0.25) is 4.79 Å². The highest BCUT2D eigenvalue weighted by Crippen LogP contribution is 2.31. The normalized spacial score (nSPS) is 10.1. The number of nitrogens with one attached hydrogen (secondary N) is 1. The summed E-state index contributed by atoms with van der Waals surface area (Å²) in [6.45, 7) is 7.50. The smallest absolute Gasteiger partial charge is 0.227 e. The van der Waals surface area contributed by atoms with Crippen molar-refractivity contribution in [2.45, 2.75) is 27.7 Å². The number of hydrogen-bond acceptors (Lipinski definition) is 3. The van der Waals surface area contributed by atoms with Gasteiger partial charge in [0.2, 0.25) is 5.91 Å². The molecule has 0 saturated carbocycles. The number of aryl methyl sites for hydroxylation is 1. The Morgan fingerprint density at radius 3 is 2.53 bits per heavy atom. The van der Waals surface area contributed by atoms with Gasteiger partial charge in [-0.15, -0.1) is 11.3 Å². The minimum absolute atomic E-state index is 0.0484. The predicted molar refractivity (Wildman–Crippen MR) is 62.0 cm³/mol. The monoisotopic (exact) mass is 222 g/mol. The van der Waals surface area contributed by atoms with Gasteiger partial charge in [0.1, 0.15) is 11.1 Å². The van der Waals surface area contributed by atoms with Gasteiger partial charge < -0.3 is 5.32 Å². The summed E-state index contributed by atoms with van der Waals surface area (Å²) in [5.41, 5.74) is 1.55. The molecular formula is C11H14N2OS.